The number of ketones is 2. The van der Waals surface area contributed by atoms with Gasteiger partial charge in [0.05, 0.1) is 66.8 Å². The summed E-state index contributed by atoms with van der Waals surface area (Å²) in [6.45, 7) is 28.7. The third kappa shape index (κ3) is 34.2. The maximum Gasteiger partial charge on any atom is 0.410 e. The van der Waals surface area contributed by atoms with Crippen molar-refractivity contribution in [3.8, 4) is 5.75 Å². The van der Waals surface area contributed by atoms with Crippen LogP contribution in [0.4, 0.5) is 4.79 Å². The van der Waals surface area contributed by atoms with Crippen LogP contribution in [0.5, 0.6) is 5.75 Å². The van der Waals surface area contributed by atoms with Crippen LogP contribution in [0.1, 0.15) is 224 Å². The van der Waals surface area contributed by atoms with E-state index in [4.69, 9.17) is 37.1 Å². The number of aromatic hydroxyl groups is 1. The molecule has 2 aromatic carbocycles. The number of phenolic OH excluding ortho intramolecular Hbond substituents is 1. The Morgan fingerprint density at radius 3 is 1.68 bits per heavy atom. The molecule has 2 aromatic rings. The van der Waals surface area contributed by atoms with E-state index in [9.17, 15) is 72.9 Å². The van der Waals surface area contributed by atoms with Crippen LogP contribution in [0.25, 0.3) is 0 Å². The van der Waals surface area contributed by atoms with Gasteiger partial charge in [-0.05, 0) is 150 Å². The fourth-order valence-corrected chi connectivity index (χ4v) is 20.2. The van der Waals surface area contributed by atoms with Gasteiger partial charge in [-0.25, -0.2) is 4.79 Å². The number of hydrogen-bond donors (Lipinski definition) is 13. The van der Waals surface area contributed by atoms with Gasteiger partial charge in [-0.2, -0.15) is 0 Å². The van der Waals surface area contributed by atoms with Gasteiger partial charge in [-0.15, -0.1) is 0 Å². The third-order valence-corrected chi connectivity index (χ3v) is 28.6. The zero-order valence-corrected chi connectivity index (χ0v) is 83.3. The molecule has 3 aliphatic rings. The molecule has 746 valence electrons. The summed E-state index contributed by atoms with van der Waals surface area (Å²) in [4.78, 5) is 216. The van der Waals surface area contributed by atoms with Crippen LogP contribution in [0, 0.1) is 46.8 Å². The normalized spacial score (nSPS) is 18.6. The average molecular weight is 1910 g/mol. The number of aliphatic hydroxyl groups excluding tert-OH is 1. The molecule has 0 aromatic heterocycles. The van der Waals surface area contributed by atoms with Crippen molar-refractivity contribution < 1.29 is 96.7 Å². The molecule has 5 rings (SSSR count). The molecule has 0 radical (unpaired) electrons. The highest BCUT2D eigenvalue weighted by Gasteiger charge is 2.49. The number of carbonyl (C=O) groups is 14. The Hall–Kier alpha value is -9.86. The van der Waals surface area contributed by atoms with Gasteiger partial charge in [0, 0.05) is 97.2 Å². The van der Waals surface area contributed by atoms with E-state index in [1.165, 1.54) is 81.5 Å². The lowest BCUT2D eigenvalue weighted by Crippen LogP contribution is -2.61. The summed E-state index contributed by atoms with van der Waals surface area (Å²) in [7, 11) is 8.52. The number of likely N-dealkylation sites (N-methyl/N-ethyl adjacent to an activating group) is 2. The van der Waals surface area contributed by atoms with E-state index in [0.29, 0.717) is 49.8 Å². The molecule has 0 saturated carbocycles. The summed E-state index contributed by atoms with van der Waals surface area (Å²) in [5.74, 6) is -12.5. The number of carbonyl (C=O) groups excluding carboxylic acids is 13. The number of hydrogen-bond acceptors (Lipinski definition) is 23. The number of phenols is 1. The second kappa shape index (κ2) is 54.0. The Kier molecular flexibility index (Phi) is 46.2. The lowest BCUT2D eigenvalue weighted by Gasteiger charge is -2.41. The molecule has 0 aliphatic carbocycles. The first kappa shape index (κ1) is 114. The molecule has 18 atom stereocenters. The predicted octanol–water partition coefficient (Wildman–Crippen LogP) is 5.86. The summed E-state index contributed by atoms with van der Waals surface area (Å²) < 4.78 is 16.8. The summed E-state index contributed by atoms with van der Waals surface area (Å²) in [6.07, 6.45) is -0.967. The summed E-state index contributed by atoms with van der Waals surface area (Å²) >= 11 is 0. The first-order valence-electron chi connectivity index (χ1n) is 46.5. The topological polar surface area (TPSA) is 545 Å². The van der Waals surface area contributed by atoms with Crippen molar-refractivity contribution in [2.45, 2.75) is 303 Å². The van der Waals surface area contributed by atoms with Crippen LogP contribution < -0.4 is 54.8 Å². The van der Waals surface area contributed by atoms with Crippen molar-refractivity contribution in [2.24, 2.45) is 79.8 Å². The van der Waals surface area contributed by atoms with Crippen molar-refractivity contribution in [3.63, 3.8) is 0 Å². The number of rotatable bonds is 54. The van der Waals surface area contributed by atoms with E-state index < -0.39 is 208 Å². The molecule has 3 aliphatic heterocycles. The largest absolute Gasteiger partial charge is 0.508 e. The number of ether oxygens (including phenoxy) is 3. The quantitative estimate of drug-likeness (QED) is 0.0159. The molecule has 0 unspecified atom stereocenters. The molecule has 0 bridgehead atoms. The van der Waals surface area contributed by atoms with E-state index in [1.807, 2.05) is 45.9 Å². The minimum absolute atomic E-state index is 0.00218. The van der Waals surface area contributed by atoms with Crippen molar-refractivity contribution in [3.05, 3.63) is 65.7 Å². The number of guanidine groups is 2. The molecule has 0 spiro atoms. The predicted molar refractivity (Wildman–Crippen MR) is 511 cm³/mol. The number of likely N-dealkylation sites (tertiary alicyclic amines) is 3. The second-order valence-electron chi connectivity index (χ2n) is 38.3. The number of carboxylic acids is 1. The smallest absolute Gasteiger partial charge is 0.410 e. The van der Waals surface area contributed by atoms with Gasteiger partial charge in [0.1, 0.15) is 48.6 Å². The highest BCUT2D eigenvalue weighted by Crippen LogP contribution is 2.40. The Balaban J connectivity index is 1.23. The third-order valence-electron chi connectivity index (χ3n) is 25.3. The molecule has 3 heterocycles. The van der Waals surface area contributed by atoms with Crippen molar-refractivity contribution in [1.82, 2.24) is 56.4 Å². The maximum atomic E-state index is 15.1. The Labute approximate surface area is 792 Å². The molecule has 133 heavy (non-hydrogen) atoms. The van der Waals surface area contributed by atoms with E-state index in [2.05, 4.69) is 41.9 Å². The van der Waals surface area contributed by atoms with Crippen molar-refractivity contribution in [1.29, 1.82) is 0 Å². The van der Waals surface area contributed by atoms with Crippen molar-refractivity contribution in [2.75, 3.05) is 73.4 Å². The fourth-order valence-electron chi connectivity index (χ4n) is 17.7. The van der Waals surface area contributed by atoms with Gasteiger partial charge < -0.3 is 104 Å². The lowest BCUT2D eigenvalue weighted by atomic mass is 9.76. The minimum atomic E-state index is -1.26. The van der Waals surface area contributed by atoms with Crippen LogP contribution in [0.3, 0.4) is 0 Å². The van der Waals surface area contributed by atoms with Crippen LogP contribution in [0.15, 0.2) is 64.6 Å². The Morgan fingerprint density at radius 1 is 0.624 bits per heavy atom. The number of benzene rings is 2. The van der Waals surface area contributed by atoms with Crippen LogP contribution in [-0.4, -0.2) is 291 Å². The number of aliphatic carboxylic acids is 1. The number of nitrogens with zero attached hydrogens (tertiary/aromatic N) is 7. The van der Waals surface area contributed by atoms with Gasteiger partial charge in [0.2, 0.25) is 59.1 Å². The summed E-state index contributed by atoms with van der Waals surface area (Å²) in [5.41, 5.74) is 22.7. The average Bonchev–Trinajstić information content (AvgIpc) is 1.73. The van der Waals surface area contributed by atoms with Crippen molar-refractivity contribution >= 4 is 116 Å². The van der Waals surface area contributed by atoms with Gasteiger partial charge in [0.15, 0.2) is 23.5 Å². The number of amides is 11. The second-order valence-corrected chi connectivity index (χ2v) is 41.4. The first-order chi connectivity index (χ1) is 62.4. The zero-order valence-electron chi connectivity index (χ0n) is 81.6. The lowest BCUT2D eigenvalue weighted by molar-refractivity contribution is -0.148. The number of methoxy groups -OCH3 is 2. The Morgan fingerprint density at radius 2 is 1.17 bits per heavy atom. The van der Waals surface area contributed by atoms with Crippen LogP contribution in [-0.2, 0) is 83.0 Å². The molecule has 11 amide bonds. The van der Waals surface area contributed by atoms with Gasteiger partial charge in [0.25, 0.3) is 0 Å². The van der Waals surface area contributed by atoms with E-state index >= 15 is 9.59 Å². The maximum absolute atomic E-state index is 15.1. The number of nitrogens with one attached hydrogen (secondary N) is 6. The number of Topliss-reactive ketones (excluding diaryl/α,β-unsaturated/α-hetero) is 2. The fraction of sp³-hybridized carbons (Fsp3) is 0.702. The standard InChI is InChI=1S/C94H153N17O20S2/c1-21-56(8)77(73(129-19)52-74(116)109-43-27-34-68(109)79(130-20)57(9)81(118)101-58(10)78(117)61-30-23-22-24-31-61)107(17)87(124)75(54(4)5)106-85(122)76(55(6)7)108(18)92(128)131-46-47-132-133-94(15,16)80(102-59(11)112)88(125)111-45-29-36-70(111)84(121)105-67(48-53(2)3)86(123)110-44-28-35-69(110)83(120)104-66(33-26-42-100-91(97)98)72(115)51-64(93(12,13)14)82(119)103-65(32-25-41-99-90(95)96)71(114)50-62(89(126)127)49-60-37-39-63(113)40-38-60/h22-24,30-31,37-40,53-58,62,64-70,73,75-80,113,117H,21,25-29,32-36,41-52H2,1-20H3,(H,101,118)(H,102,112)(H,103,119)(H,104,120)(H,105,121)(H,106,122)(H,126,127)(H4,95,96,99)(H4,97,98,100)/t56-,57+,58+,62+,64+,65-,66-,67-,68-,69-,70-,73+,75-,76-,77-,78+,79+,80+/m0/s1. The molecule has 39 heteroatoms. The molecule has 17 N–H and O–H groups in total. The highest BCUT2D eigenvalue weighted by atomic mass is 33.1. The van der Waals surface area contributed by atoms with E-state index in [0.717, 1.165) is 0 Å². The zero-order chi connectivity index (χ0) is 99.8. The highest BCUT2D eigenvalue weighted by molar-refractivity contribution is 8.77. The monoisotopic (exact) mass is 1900 g/mol. The number of aliphatic imine (C=N–C) groups is 2. The van der Waals surface area contributed by atoms with Gasteiger partial charge in [-0.3, -0.25) is 77.2 Å². The SMILES string of the molecule is CC[C@H](C)[C@@H]([C@@H](CC(=O)N1CCC[C@H]1[C@H](OC)[C@@H](C)C(=O)N[C@H](C)[C@@H](O)c1ccccc1)OC)N(C)C(=O)[C@@H](NC(=O)[C@H](C(C)C)N(C)C(=O)OCCSSC(C)(C)[C@H](NC(C)=O)C(=O)N1CCC[C@H]1C(=O)N[C@@H](CC(C)C)C(=O)N1CCC[C@H]1C(=O)N[C@@H](CCCN=C(N)N)C(=O)C[C@H](C(=O)N[C@@H](CCCN=C(N)N)C(=O)C[C@@H](Cc1ccc(O)cc1)C(=O)O)C(C)(C)C)C(C)C. The van der Waals surface area contributed by atoms with E-state index in [1.54, 1.807) is 112 Å². The number of aliphatic hydroxyl groups is 1. The number of carboxylic acid groups (broad SMARTS) is 1. The van der Waals surface area contributed by atoms with Crippen LogP contribution >= 0.6 is 21.6 Å². The molecule has 37 nitrogen and oxygen atoms in total. The minimum Gasteiger partial charge on any atom is -0.508 e. The summed E-state index contributed by atoms with van der Waals surface area (Å²) in [5, 5.41) is 48.4. The van der Waals surface area contributed by atoms with E-state index in [-0.39, 0.29) is 138 Å². The van der Waals surface area contributed by atoms with Gasteiger partial charge >= 0.3 is 12.1 Å². The molecule has 3 fully saturated rings. The van der Waals surface area contributed by atoms with Gasteiger partial charge in [-0.1, -0.05) is 154 Å². The first-order valence-corrected chi connectivity index (χ1v) is 48.9. The molecule has 3 saturated heterocycles. The number of nitrogens with two attached hydrogens (primary N) is 4. The van der Waals surface area contributed by atoms with Crippen LogP contribution in [0.2, 0.25) is 0 Å². The molecular weight excluding hydrogens is 1750 g/mol. The Bertz CT molecular complexity index is 4260. The summed E-state index contributed by atoms with van der Waals surface area (Å²) in [6, 6.07) is 3.79. The molecular formula is C94H153N17O20S2.